The van der Waals surface area contributed by atoms with Crippen molar-refractivity contribution in [3.05, 3.63) is 63.3 Å². The van der Waals surface area contributed by atoms with E-state index in [1.54, 1.807) is 33.4 Å². The average molecular weight is 652 g/mol. The van der Waals surface area contributed by atoms with Crippen LogP contribution in [-0.2, 0) is 11.9 Å². The maximum absolute atomic E-state index is 3.01. The Bertz CT molecular complexity index is 828. The van der Waals surface area contributed by atoms with E-state index in [1.807, 2.05) is 0 Å². The van der Waals surface area contributed by atoms with Crippen LogP contribution in [0.5, 0.6) is 0 Å². The molecule has 2 atom stereocenters. The van der Waals surface area contributed by atoms with Gasteiger partial charge in [0.25, 0.3) is 0 Å². The van der Waals surface area contributed by atoms with Crippen molar-refractivity contribution in [1.82, 2.24) is 0 Å². The summed E-state index contributed by atoms with van der Waals surface area (Å²) >= 11 is 3.28. The summed E-state index contributed by atoms with van der Waals surface area (Å²) in [4.78, 5) is 0. The fourth-order valence-electron chi connectivity index (χ4n) is 5.03. The van der Waals surface area contributed by atoms with Crippen molar-refractivity contribution in [2.24, 2.45) is 0 Å². The van der Waals surface area contributed by atoms with E-state index >= 15 is 0 Å². The molecule has 0 saturated carbocycles. The van der Waals surface area contributed by atoms with E-state index in [4.69, 9.17) is 0 Å². The molecule has 0 N–H and O–H groups in total. The van der Waals surface area contributed by atoms with Crippen LogP contribution in [0.4, 0.5) is 0 Å². The SMILES string of the molecule is CCCC1=C(C)C(C)=C(C)[C]1(C)[Zr]([I])([I])[CH]1C(CC)=Cc2ccccc21. The molecule has 3 rings (SSSR count). The van der Waals surface area contributed by atoms with Crippen molar-refractivity contribution in [3.63, 3.8) is 0 Å². The van der Waals surface area contributed by atoms with Gasteiger partial charge in [-0.25, -0.2) is 0 Å². The molecular weight excluding hydrogens is 621 g/mol. The zero-order chi connectivity index (χ0) is 19.3. The zero-order valence-corrected chi connectivity index (χ0v) is 23.6. The Balaban J connectivity index is 2.20. The van der Waals surface area contributed by atoms with Crippen LogP contribution in [0.3, 0.4) is 0 Å². The summed E-state index contributed by atoms with van der Waals surface area (Å²) in [6.45, 7) is 14.5. The Kier molecular flexibility index (Phi) is 6.53. The monoisotopic (exact) mass is 650 g/mol. The molecule has 140 valence electrons. The second-order valence-corrected chi connectivity index (χ2v) is 47.3. The molecule has 2 aliphatic carbocycles. The second kappa shape index (κ2) is 7.90. The third-order valence-corrected chi connectivity index (χ3v) is 35.4. The van der Waals surface area contributed by atoms with Crippen molar-refractivity contribution in [1.29, 1.82) is 0 Å². The van der Waals surface area contributed by atoms with Crippen molar-refractivity contribution in [3.8, 4) is 0 Å². The van der Waals surface area contributed by atoms with Crippen LogP contribution in [0.15, 0.2) is 52.1 Å². The Morgan fingerprint density at radius 2 is 1.69 bits per heavy atom. The van der Waals surface area contributed by atoms with Crippen LogP contribution in [-0.4, -0.2) is 0 Å². The Hall–Kier alpha value is 0.783. The van der Waals surface area contributed by atoms with Crippen molar-refractivity contribution >= 4 is 42.2 Å². The van der Waals surface area contributed by atoms with Crippen LogP contribution in [0, 0.1) is 0 Å². The van der Waals surface area contributed by atoms with Crippen molar-refractivity contribution < 1.29 is 11.9 Å². The van der Waals surface area contributed by atoms with E-state index in [0.29, 0.717) is 6.75 Å². The zero-order valence-electron chi connectivity index (χ0n) is 16.8. The molecule has 0 radical (unpaired) electrons. The Morgan fingerprint density at radius 3 is 2.31 bits per heavy atom. The third kappa shape index (κ3) is 3.05. The first-order chi connectivity index (χ1) is 12.2. The molecule has 26 heavy (non-hydrogen) atoms. The van der Waals surface area contributed by atoms with Gasteiger partial charge in [-0.15, -0.1) is 0 Å². The number of halogens is 2. The van der Waals surface area contributed by atoms with Gasteiger partial charge in [0.1, 0.15) is 0 Å². The fourth-order valence-corrected chi connectivity index (χ4v) is 30.7. The summed E-state index contributed by atoms with van der Waals surface area (Å²) in [5.41, 5.74) is 11.3. The molecule has 0 nitrogen and oxygen atoms in total. The number of benzene rings is 1. The summed E-state index contributed by atoms with van der Waals surface area (Å²) in [6, 6.07) is 9.16. The van der Waals surface area contributed by atoms with Crippen LogP contribution in [0.1, 0.15) is 75.6 Å². The quantitative estimate of drug-likeness (QED) is 0.279. The molecule has 2 unspecified atom stereocenters. The number of rotatable bonds is 5. The second-order valence-electron chi connectivity index (χ2n) is 7.99. The topological polar surface area (TPSA) is 0 Å². The summed E-state index contributed by atoms with van der Waals surface area (Å²) in [5.74, 6) is 0. The van der Waals surface area contributed by atoms with Crippen molar-refractivity contribution in [2.45, 2.75) is 67.6 Å². The summed E-state index contributed by atoms with van der Waals surface area (Å²) in [6.07, 6.45) is 6.17. The predicted octanol–water partition coefficient (Wildman–Crippen LogP) is 9.03. The molecule has 1 aromatic rings. The normalized spacial score (nSPS) is 25.8. The number of allylic oxidation sites excluding steroid dienone is 5. The molecule has 1 aromatic carbocycles. The minimum atomic E-state index is -2.74. The minimum absolute atomic E-state index is 0.302. The van der Waals surface area contributed by atoms with E-state index in [9.17, 15) is 0 Å². The molecule has 2 aliphatic rings. The molecule has 0 aliphatic heterocycles. The fraction of sp³-hybridized carbons (Fsp3) is 0.478. The summed E-state index contributed by atoms with van der Waals surface area (Å²) in [7, 11) is 0. The van der Waals surface area contributed by atoms with Gasteiger partial charge in [-0.3, -0.25) is 0 Å². The third-order valence-electron chi connectivity index (χ3n) is 6.89. The standard InChI is InChI=1S/C12H19.C11H11.2HI.Zr/c1-6-7-12-10(4)8(2)9(3)11(12)5;1-2-9-7-10-5-3-4-6-11(10)8-9;;;/h6-7H2,1-5H3;3-8H,2H2,1H3;2*1H;/q;;;;+2/p-2. The van der Waals surface area contributed by atoms with Gasteiger partial charge in [0.05, 0.1) is 0 Å². The van der Waals surface area contributed by atoms with Crippen molar-refractivity contribution in [2.75, 3.05) is 0 Å². The summed E-state index contributed by atoms with van der Waals surface area (Å²) in [5, 5.41) is 0. The number of hydrogen-bond donors (Lipinski definition) is 0. The van der Waals surface area contributed by atoms with Crippen LogP contribution in [0.25, 0.3) is 6.08 Å². The van der Waals surface area contributed by atoms with Gasteiger partial charge in [0.15, 0.2) is 0 Å². The van der Waals surface area contributed by atoms with Crippen LogP contribution >= 0.6 is 36.1 Å². The molecule has 0 bridgehead atoms. The molecule has 0 spiro atoms. The first kappa shape index (κ1) is 21.5. The molecule has 0 saturated heterocycles. The van der Waals surface area contributed by atoms with Crippen LogP contribution in [0.2, 0.25) is 3.12 Å². The van der Waals surface area contributed by atoms with E-state index < -0.39 is 11.9 Å². The van der Waals surface area contributed by atoms with Gasteiger partial charge in [-0.1, -0.05) is 0 Å². The maximum atomic E-state index is 3.01. The van der Waals surface area contributed by atoms with Gasteiger partial charge in [0, 0.05) is 0 Å². The first-order valence-electron chi connectivity index (χ1n) is 9.77. The van der Waals surface area contributed by atoms with E-state index in [0.717, 1.165) is 0 Å². The first-order valence-corrected chi connectivity index (χ1v) is 27.0. The van der Waals surface area contributed by atoms with Gasteiger partial charge in [0.2, 0.25) is 0 Å². The van der Waals surface area contributed by atoms with Gasteiger partial charge >= 0.3 is 185 Å². The van der Waals surface area contributed by atoms with E-state index in [2.05, 4.69) is 108 Å². The predicted molar refractivity (Wildman–Crippen MR) is 130 cm³/mol. The Labute approximate surface area is 182 Å². The molecule has 0 heterocycles. The van der Waals surface area contributed by atoms with Crippen LogP contribution < -0.4 is 0 Å². The molecule has 0 amide bonds. The van der Waals surface area contributed by atoms with Gasteiger partial charge in [-0.05, 0) is 0 Å². The van der Waals surface area contributed by atoms with E-state index in [-0.39, 0.29) is 0 Å². The number of hydrogen-bond acceptors (Lipinski definition) is 0. The average Bonchev–Trinajstić information content (AvgIpc) is 3.09. The molecule has 0 fully saturated rings. The van der Waals surface area contributed by atoms with Gasteiger partial charge < -0.3 is 0 Å². The molecular formula is C23H30I2Zr. The molecule has 3 heteroatoms. The summed E-state index contributed by atoms with van der Waals surface area (Å²) < 4.78 is 0.980. The Morgan fingerprint density at radius 1 is 1.04 bits per heavy atom. The van der Waals surface area contributed by atoms with Gasteiger partial charge in [-0.2, -0.15) is 0 Å². The van der Waals surface area contributed by atoms with E-state index in [1.165, 1.54) is 24.8 Å². The molecule has 0 aromatic heterocycles. The number of fused-ring (bicyclic) bond motifs is 1.